The van der Waals surface area contributed by atoms with Gasteiger partial charge >= 0.3 is 0 Å². The second-order valence-corrected chi connectivity index (χ2v) is 8.40. The Hall–Kier alpha value is -0.0800. The predicted molar refractivity (Wildman–Crippen MR) is 88.0 cm³/mol. The molecular formula is C18H36N2. The van der Waals surface area contributed by atoms with Crippen molar-refractivity contribution in [1.82, 2.24) is 10.2 Å². The lowest BCUT2D eigenvalue weighted by molar-refractivity contribution is 0.150. The van der Waals surface area contributed by atoms with Gasteiger partial charge in [0.05, 0.1) is 0 Å². The van der Waals surface area contributed by atoms with Crippen molar-refractivity contribution in [3.05, 3.63) is 0 Å². The number of rotatable bonds is 6. The monoisotopic (exact) mass is 280 g/mol. The lowest BCUT2D eigenvalue weighted by Gasteiger charge is -2.36. The Bertz CT molecular complexity index is 305. The quantitative estimate of drug-likeness (QED) is 0.797. The largest absolute Gasteiger partial charge is 0.314 e. The number of nitrogens with zero attached hydrogens (tertiary/aromatic N) is 1. The Morgan fingerprint density at radius 1 is 1.20 bits per heavy atom. The number of hydrogen-bond donors (Lipinski definition) is 1. The standard InChI is InChI=1S/C18H36N2/c1-7-10-20-11-8-9-15(13-20)14(2)19-12-16-17(3,4)18(16,5)6/h14-16,19H,7-13H2,1-6H3. The molecule has 1 saturated heterocycles. The predicted octanol–water partition coefficient (Wildman–Crippen LogP) is 3.77. The molecule has 0 aromatic heterocycles. The van der Waals surface area contributed by atoms with Crippen molar-refractivity contribution in [3.8, 4) is 0 Å². The fourth-order valence-corrected chi connectivity index (χ4v) is 4.33. The second-order valence-electron chi connectivity index (χ2n) is 8.40. The number of likely N-dealkylation sites (tertiary alicyclic amines) is 1. The highest BCUT2D eigenvalue weighted by Crippen LogP contribution is 2.67. The molecule has 2 heteroatoms. The molecule has 1 N–H and O–H groups in total. The topological polar surface area (TPSA) is 15.3 Å². The normalized spacial score (nSPS) is 31.2. The van der Waals surface area contributed by atoms with Gasteiger partial charge in [-0.3, -0.25) is 0 Å². The Balaban J connectivity index is 1.76. The van der Waals surface area contributed by atoms with E-state index in [1.165, 1.54) is 45.4 Å². The molecule has 0 amide bonds. The van der Waals surface area contributed by atoms with Crippen LogP contribution in [0.15, 0.2) is 0 Å². The molecular weight excluding hydrogens is 244 g/mol. The van der Waals surface area contributed by atoms with Crippen molar-refractivity contribution in [2.24, 2.45) is 22.7 Å². The summed E-state index contributed by atoms with van der Waals surface area (Å²) in [5.41, 5.74) is 1.03. The molecule has 2 atom stereocenters. The highest BCUT2D eigenvalue weighted by molar-refractivity contribution is 5.13. The van der Waals surface area contributed by atoms with Gasteiger partial charge in [-0.15, -0.1) is 0 Å². The summed E-state index contributed by atoms with van der Waals surface area (Å²) < 4.78 is 0. The van der Waals surface area contributed by atoms with E-state index in [4.69, 9.17) is 0 Å². The molecule has 2 aliphatic rings. The first-order valence-corrected chi connectivity index (χ1v) is 8.76. The minimum atomic E-state index is 0.514. The maximum absolute atomic E-state index is 3.86. The van der Waals surface area contributed by atoms with Gasteiger partial charge in [-0.1, -0.05) is 34.6 Å². The molecule has 0 radical (unpaired) electrons. The van der Waals surface area contributed by atoms with Crippen LogP contribution in [0.3, 0.4) is 0 Å². The maximum atomic E-state index is 3.86. The fourth-order valence-electron chi connectivity index (χ4n) is 4.33. The zero-order valence-corrected chi connectivity index (χ0v) is 14.6. The molecule has 1 aliphatic carbocycles. The Kier molecular flexibility index (Phi) is 4.86. The van der Waals surface area contributed by atoms with Crippen LogP contribution in [-0.2, 0) is 0 Å². The van der Waals surface area contributed by atoms with Gasteiger partial charge in [-0.05, 0) is 68.5 Å². The first kappa shape index (κ1) is 16.3. The lowest BCUT2D eigenvalue weighted by atomic mass is 9.91. The first-order chi connectivity index (χ1) is 9.30. The van der Waals surface area contributed by atoms with Crippen LogP contribution < -0.4 is 5.32 Å². The molecule has 1 heterocycles. The van der Waals surface area contributed by atoms with Crippen LogP contribution in [0.5, 0.6) is 0 Å². The molecule has 0 spiro atoms. The van der Waals surface area contributed by atoms with Crippen LogP contribution in [0.1, 0.15) is 60.8 Å². The van der Waals surface area contributed by atoms with E-state index in [9.17, 15) is 0 Å². The van der Waals surface area contributed by atoms with E-state index in [0.717, 1.165) is 11.8 Å². The van der Waals surface area contributed by atoms with Crippen LogP contribution in [0, 0.1) is 22.7 Å². The van der Waals surface area contributed by atoms with Gasteiger partial charge in [0, 0.05) is 12.6 Å². The smallest absolute Gasteiger partial charge is 0.00793 e. The van der Waals surface area contributed by atoms with E-state index >= 15 is 0 Å². The Labute approximate surface area is 126 Å². The molecule has 1 saturated carbocycles. The highest BCUT2D eigenvalue weighted by atomic mass is 15.1. The minimum Gasteiger partial charge on any atom is -0.314 e. The molecule has 118 valence electrons. The maximum Gasteiger partial charge on any atom is 0.00793 e. The summed E-state index contributed by atoms with van der Waals surface area (Å²) in [5.74, 6) is 1.69. The van der Waals surface area contributed by atoms with Crippen LogP contribution in [0.4, 0.5) is 0 Å². The average Bonchev–Trinajstić information content (AvgIpc) is 2.77. The van der Waals surface area contributed by atoms with Crippen LogP contribution in [-0.4, -0.2) is 37.1 Å². The van der Waals surface area contributed by atoms with E-state index < -0.39 is 0 Å². The van der Waals surface area contributed by atoms with Crippen LogP contribution in [0.25, 0.3) is 0 Å². The van der Waals surface area contributed by atoms with E-state index in [2.05, 4.69) is 51.8 Å². The Morgan fingerprint density at radius 2 is 1.85 bits per heavy atom. The lowest BCUT2D eigenvalue weighted by Crippen LogP contribution is -2.45. The number of nitrogens with one attached hydrogen (secondary N) is 1. The zero-order valence-electron chi connectivity index (χ0n) is 14.6. The molecule has 0 aromatic rings. The van der Waals surface area contributed by atoms with Gasteiger partial charge in [0.25, 0.3) is 0 Å². The highest BCUT2D eigenvalue weighted by Gasteiger charge is 2.63. The molecule has 2 rings (SSSR count). The van der Waals surface area contributed by atoms with Gasteiger partial charge < -0.3 is 10.2 Å². The van der Waals surface area contributed by atoms with Gasteiger partial charge in [0.1, 0.15) is 0 Å². The molecule has 20 heavy (non-hydrogen) atoms. The van der Waals surface area contributed by atoms with Crippen molar-refractivity contribution in [1.29, 1.82) is 0 Å². The molecule has 0 bridgehead atoms. The first-order valence-electron chi connectivity index (χ1n) is 8.76. The summed E-state index contributed by atoms with van der Waals surface area (Å²) in [6, 6.07) is 0.668. The second kappa shape index (κ2) is 5.96. The number of hydrogen-bond acceptors (Lipinski definition) is 2. The SMILES string of the molecule is CCCN1CCCC(C(C)NCC2C(C)(C)C2(C)C)C1. The van der Waals surface area contributed by atoms with Crippen molar-refractivity contribution >= 4 is 0 Å². The molecule has 2 nitrogen and oxygen atoms in total. The van der Waals surface area contributed by atoms with Crippen molar-refractivity contribution < 1.29 is 0 Å². The molecule has 2 fully saturated rings. The summed E-state index contributed by atoms with van der Waals surface area (Å²) in [6.45, 7) is 19.5. The summed E-state index contributed by atoms with van der Waals surface area (Å²) in [5, 5.41) is 3.86. The van der Waals surface area contributed by atoms with Crippen molar-refractivity contribution in [2.45, 2.75) is 66.8 Å². The minimum absolute atomic E-state index is 0.514. The summed E-state index contributed by atoms with van der Waals surface area (Å²) in [6.07, 6.45) is 4.09. The zero-order chi connectivity index (χ0) is 15.0. The van der Waals surface area contributed by atoms with Crippen molar-refractivity contribution in [3.63, 3.8) is 0 Å². The third kappa shape index (κ3) is 3.06. The average molecular weight is 280 g/mol. The van der Waals surface area contributed by atoms with E-state index in [1.54, 1.807) is 0 Å². The Morgan fingerprint density at radius 3 is 2.40 bits per heavy atom. The van der Waals surface area contributed by atoms with Gasteiger partial charge in [0.15, 0.2) is 0 Å². The number of piperidine rings is 1. The van der Waals surface area contributed by atoms with E-state index in [-0.39, 0.29) is 0 Å². The molecule has 2 unspecified atom stereocenters. The van der Waals surface area contributed by atoms with Gasteiger partial charge in [0.2, 0.25) is 0 Å². The summed E-state index contributed by atoms with van der Waals surface area (Å²) in [4.78, 5) is 2.66. The third-order valence-electron chi connectivity index (χ3n) is 6.75. The van der Waals surface area contributed by atoms with Gasteiger partial charge in [-0.25, -0.2) is 0 Å². The van der Waals surface area contributed by atoms with E-state index in [1.807, 2.05) is 0 Å². The van der Waals surface area contributed by atoms with Crippen LogP contribution in [0.2, 0.25) is 0 Å². The van der Waals surface area contributed by atoms with Crippen molar-refractivity contribution in [2.75, 3.05) is 26.2 Å². The van der Waals surface area contributed by atoms with Gasteiger partial charge in [-0.2, -0.15) is 0 Å². The molecule has 0 aromatic carbocycles. The van der Waals surface area contributed by atoms with E-state index in [0.29, 0.717) is 16.9 Å². The summed E-state index contributed by atoms with van der Waals surface area (Å²) >= 11 is 0. The summed E-state index contributed by atoms with van der Waals surface area (Å²) in [7, 11) is 0. The van der Waals surface area contributed by atoms with Crippen LogP contribution >= 0.6 is 0 Å². The third-order valence-corrected chi connectivity index (χ3v) is 6.75. The fraction of sp³-hybridized carbons (Fsp3) is 1.00. The molecule has 1 aliphatic heterocycles.